The van der Waals surface area contributed by atoms with Crippen molar-refractivity contribution in [1.82, 2.24) is 4.98 Å². The summed E-state index contributed by atoms with van der Waals surface area (Å²) < 4.78 is 19.5. The third-order valence-electron chi connectivity index (χ3n) is 1.76. The van der Waals surface area contributed by atoms with Crippen LogP contribution in [0.5, 0.6) is 5.75 Å². The standard InChI is InChI=1S/C9H11N2O7P/c12-9(13)8(5-18-19(14,15)16)11-6-17-7-1-3-10-4-2-7/h1-4,6,8H,5H2,(H,12,13)(H2,14,15,16)/t8-/m0/s1. The van der Waals surface area contributed by atoms with Crippen molar-refractivity contribution >= 4 is 20.2 Å². The van der Waals surface area contributed by atoms with E-state index in [0.29, 0.717) is 5.75 Å². The van der Waals surface area contributed by atoms with Gasteiger partial charge in [-0.05, 0) is 12.1 Å². The second kappa shape index (κ2) is 6.95. The lowest BCUT2D eigenvalue weighted by molar-refractivity contribution is -0.139. The average Bonchev–Trinajstić information content (AvgIpc) is 2.33. The minimum atomic E-state index is -4.74. The molecular formula is C9H11N2O7P. The highest BCUT2D eigenvalue weighted by Crippen LogP contribution is 2.35. The van der Waals surface area contributed by atoms with Gasteiger partial charge in [0.1, 0.15) is 5.75 Å². The van der Waals surface area contributed by atoms with Gasteiger partial charge in [0.05, 0.1) is 6.61 Å². The summed E-state index contributed by atoms with van der Waals surface area (Å²) in [7, 11) is -4.74. The van der Waals surface area contributed by atoms with E-state index in [4.69, 9.17) is 19.6 Å². The molecule has 9 nitrogen and oxygen atoms in total. The van der Waals surface area contributed by atoms with Crippen LogP contribution in [0.15, 0.2) is 29.5 Å². The largest absolute Gasteiger partial charge is 0.480 e. The molecule has 0 saturated carbocycles. The molecule has 0 aliphatic rings. The first-order valence-electron chi connectivity index (χ1n) is 4.90. The normalized spacial score (nSPS) is 13.4. The van der Waals surface area contributed by atoms with E-state index >= 15 is 0 Å². The van der Waals surface area contributed by atoms with Crippen molar-refractivity contribution in [3.8, 4) is 5.75 Å². The molecule has 0 saturated heterocycles. The molecule has 19 heavy (non-hydrogen) atoms. The number of phosphoric ester groups is 1. The molecule has 0 aromatic carbocycles. The summed E-state index contributed by atoms with van der Waals surface area (Å²) >= 11 is 0. The third kappa shape index (κ3) is 6.63. The van der Waals surface area contributed by atoms with Gasteiger partial charge in [0.15, 0.2) is 12.4 Å². The molecule has 0 radical (unpaired) electrons. The number of aliphatic carboxylic acids is 1. The van der Waals surface area contributed by atoms with Crippen LogP contribution in [0, 0.1) is 0 Å². The zero-order valence-corrected chi connectivity index (χ0v) is 10.4. The fourth-order valence-corrected chi connectivity index (χ4v) is 1.26. The zero-order valence-electron chi connectivity index (χ0n) is 9.49. The highest BCUT2D eigenvalue weighted by atomic mass is 31.2. The predicted octanol–water partition coefficient (Wildman–Crippen LogP) is 0.0512. The summed E-state index contributed by atoms with van der Waals surface area (Å²) in [6.45, 7) is -0.768. The van der Waals surface area contributed by atoms with E-state index in [1.807, 2.05) is 0 Å². The Labute approximate surface area is 107 Å². The molecule has 0 fully saturated rings. The number of ether oxygens (including phenoxy) is 1. The molecule has 3 N–H and O–H groups in total. The first-order valence-corrected chi connectivity index (χ1v) is 6.43. The first-order chi connectivity index (χ1) is 8.88. The van der Waals surface area contributed by atoms with Crippen molar-refractivity contribution in [2.75, 3.05) is 6.61 Å². The van der Waals surface area contributed by atoms with E-state index in [2.05, 4.69) is 14.5 Å². The van der Waals surface area contributed by atoms with Crippen LogP contribution in [0.3, 0.4) is 0 Å². The number of carboxylic acids is 1. The summed E-state index contributed by atoms with van der Waals surface area (Å²) in [4.78, 5) is 34.9. The number of carbonyl (C=O) groups is 1. The monoisotopic (exact) mass is 290 g/mol. The van der Waals surface area contributed by atoms with E-state index in [0.717, 1.165) is 6.40 Å². The summed E-state index contributed by atoms with van der Waals surface area (Å²) in [5.74, 6) is -1.01. The Morgan fingerprint density at radius 1 is 1.47 bits per heavy atom. The number of hydrogen-bond donors (Lipinski definition) is 3. The Bertz CT molecular complexity index is 487. The van der Waals surface area contributed by atoms with Gasteiger partial charge in [-0.2, -0.15) is 0 Å². The fraction of sp³-hybridized carbons (Fsp3) is 0.222. The lowest BCUT2D eigenvalue weighted by atomic mass is 10.3. The van der Waals surface area contributed by atoms with Gasteiger partial charge in [0, 0.05) is 12.4 Å². The molecule has 0 aliphatic heterocycles. The van der Waals surface area contributed by atoms with E-state index in [1.54, 1.807) is 0 Å². The van der Waals surface area contributed by atoms with E-state index in [1.165, 1.54) is 24.5 Å². The molecule has 0 unspecified atom stereocenters. The van der Waals surface area contributed by atoms with Crippen LogP contribution in [-0.2, 0) is 13.9 Å². The van der Waals surface area contributed by atoms with Crippen LogP contribution >= 0.6 is 7.82 Å². The Morgan fingerprint density at radius 3 is 2.63 bits per heavy atom. The second-order valence-electron chi connectivity index (χ2n) is 3.20. The topological polar surface area (TPSA) is 139 Å². The number of aromatic nitrogens is 1. The van der Waals surface area contributed by atoms with Crippen LogP contribution in [0.1, 0.15) is 0 Å². The molecule has 1 atom stereocenters. The number of carboxylic acid groups (broad SMARTS) is 1. The van der Waals surface area contributed by atoms with Gasteiger partial charge in [0.2, 0.25) is 0 Å². The number of phosphoric acid groups is 1. The molecule has 1 heterocycles. The van der Waals surface area contributed by atoms with Crippen LogP contribution < -0.4 is 4.74 Å². The summed E-state index contributed by atoms with van der Waals surface area (Å²) in [5, 5.41) is 8.76. The van der Waals surface area contributed by atoms with Crippen molar-refractivity contribution in [2.24, 2.45) is 4.99 Å². The minimum absolute atomic E-state index is 0.388. The van der Waals surface area contributed by atoms with Gasteiger partial charge >= 0.3 is 13.8 Å². The molecule has 0 amide bonds. The van der Waals surface area contributed by atoms with Crippen LogP contribution in [0.4, 0.5) is 0 Å². The number of pyridine rings is 1. The van der Waals surface area contributed by atoms with Gasteiger partial charge in [-0.3, -0.25) is 9.51 Å². The second-order valence-corrected chi connectivity index (χ2v) is 4.43. The number of nitrogens with zero attached hydrogens (tertiary/aromatic N) is 2. The van der Waals surface area contributed by atoms with E-state index in [-0.39, 0.29) is 0 Å². The van der Waals surface area contributed by atoms with Gasteiger partial charge < -0.3 is 19.6 Å². The Kier molecular flexibility index (Phi) is 5.58. The Balaban J connectivity index is 2.54. The average molecular weight is 290 g/mol. The fourth-order valence-electron chi connectivity index (χ4n) is 0.927. The lowest BCUT2D eigenvalue weighted by Crippen LogP contribution is -2.24. The highest BCUT2D eigenvalue weighted by molar-refractivity contribution is 7.46. The van der Waals surface area contributed by atoms with Crippen LogP contribution in [0.25, 0.3) is 0 Å². The Morgan fingerprint density at radius 2 is 2.11 bits per heavy atom. The molecule has 104 valence electrons. The van der Waals surface area contributed by atoms with E-state index in [9.17, 15) is 9.36 Å². The number of rotatable bonds is 7. The van der Waals surface area contributed by atoms with Crippen molar-refractivity contribution < 1.29 is 33.5 Å². The molecule has 0 spiro atoms. The molecule has 1 aromatic heterocycles. The van der Waals surface area contributed by atoms with Crippen molar-refractivity contribution in [3.05, 3.63) is 24.5 Å². The van der Waals surface area contributed by atoms with Crippen molar-refractivity contribution in [2.45, 2.75) is 6.04 Å². The summed E-state index contributed by atoms with van der Waals surface area (Å²) in [5.41, 5.74) is 0. The molecule has 0 aliphatic carbocycles. The molecular weight excluding hydrogens is 279 g/mol. The van der Waals surface area contributed by atoms with Crippen molar-refractivity contribution in [1.29, 1.82) is 0 Å². The van der Waals surface area contributed by atoms with Crippen LogP contribution in [0.2, 0.25) is 0 Å². The zero-order chi connectivity index (χ0) is 14.3. The van der Waals surface area contributed by atoms with Crippen LogP contribution in [-0.4, -0.2) is 44.9 Å². The Hall–Kier alpha value is -1.80. The van der Waals surface area contributed by atoms with Gasteiger partial charge in [-0.1, -0.05) is 0 Å². The maximum absolute atomic E-state index is 10.7. The highest BCUT2D eigenvalue weighted by Gasteiger charge is 2.22. The third-order valence-corrected chi connectivity index (χ3v) is 2.25. The maximum atomic E-state index is 10.7. The predicted molar refractivity (Wildman–Crippen MR) is 62.8 cm³/mol. The molecule has 1 aromatic rings. The van der Waals surface area contributed by atoms with E-state index < -0.39 is 26.4 Å². The SMILES string of the molecule is O=C(O)[C@H](COP(=O)(O)O)N=COc1ccncc1. The quantitative estimate of drug-likeness (QED) is 0.363. The van der Waals surface area contributed by atoms with Crippen molar-refractivity contribution in [3.63, 3.8) is 0 Å². The molecule has 10 heteroatoms. The molecule has 0 bridgehead atoms. The first kappa shape index (κ1) is 15.3. The number of hydrogen-bond acceptors (Lipinski definition) is 6. The molecule has 1 rings (SSSR count). The van der Waals surface area contributed by atoms with Gasteiger partial charge in [-0.15, -0.1) is 0 Å². The smallest absolute Gasteiger partial charge is 0.469 e. The van der Waals surface area contributed by atoms with Gasteiger partial charge in [0.25, 0.3) is 0 Å². The van der Waals surface area contributed by atoms with Gasteiger partial charge in [-0.25, -0.2) is 14.4 Å². The number of aliphatic imine (C=N–C) groups is 1. The minimum Gasteiger partial charge on any atom is -0.480 e. The lowest BCUT2D eigenvalue weighted by Gasteiger charge is -2.08. The maximum Gasteiger partial charge on any atom is 0.469 e. The summed E-state index contributed by atoms with van der Waals surface area (Å²) in [6, 6.07) is 1.57. The summed E-state index contributed by atoms with van der Waals surface area (Å²) in [6.07, 6.45) is 3.79.